The number of rotatable bonds is 9. The van der Waals surface area contributed by atoms with Crippen molar-refractivity contribution in [3.8, 4) is 0 Å². The maximum atomic E-state index is 12.4. The van der Waals surface area contributed by atoms with Crippen LogP contribution in [0.5, 0.6) is 0 Å². The maximum Gasteiger partial charge on any atom is 0.243 e. The highest BCUT2D eigenvalue weighted by Crippen LogP contribution is 2.05. The fraction of sp³-hybridized carbons (Fsp3) is 0.412. The lowest BCUT2D eigenvalue weighted by Gasteiger charge is -2.21. The van der Waals surface area contributed by atoms with Gasteiger partial charge in [-0.05, 0) is 18.9 Å². The summed E-state index contributed by atoms with van der Waals surface area (Å²) in [4.78, 5) is 46.3. The first-order valence-electron chi connectivity index (χ1n) is 7.69. The summed E-state index contributed by atoms with van der Waals surface area (Å²) in [5.41, 5.74) is 6.14. The van der Waals surface area contributed by atoms with Crippen molar-refractivity contribution in [2.24, 2.45) is 5.73 Å². The van der Waals surface area contributed by atoms with Crippen LogP contribution >= 0.6 is 0 Å². The molecule has 0 aliphatic carbocycles. The van der Waals surface area contributed by atoms with Crippen molar-refractivity contribution in [2.45, 2.75) is 45.2 Å². The Bertz CT molecular complexity index is 601. The van der Waals surface area contributed by atoms with Crippen molar-refractivity contribution in [1.29, 1.82) is 0 Å². The molecule has 4 N–H and O–H groups in total. The van der Waals surface area contributed by atoms with E-state index in [0.29, 0.717) is 0 Å². The Morgan fingerprint density at radius 1 is 1.00 bits per heavy atom. The maximum absolute atomic E-state index is 12.4. The Hall–Kier alpha value is -2.70. The van der Waals surface area contributed by atoms with Gasteiger partial charge in [0.1, 0.15) is 17.9 Å². The zero-order valence-electron chi connectivity index (χ0n) is 13.9. The molecular formula is C17H23N3O4. The summed E-state index contributed by atoms with van der Waals surface area (Å²) in [6.45, 7) is 2.71. The van der Waals surface area contributed by atoms with Gasteiger partial charge < -0.3 is 21.2 Å². The zero-order chi connectivity index (χ0) is 18.1. The lowest BCUT2D eigenvalue weighted by atomic mass is 10.0. The van der Waals surface area contributed by atoms with Crippen LogP contribution in [-0.4, -0.2) is 35.6 Å². The number of Topliss-reactive ketones (excluding diaryl/α,β-unsaturated/α-hetero) is 1. The average molecular weight is 333 g/mol. The molecular weight excluding hydrogens is 310 g/mol. The highest BCUT2D eigenvalue weighted by Gasteiger charge is 2.25. The van der Waals surface area contributed by atoms with Crippen molar-refractivity contribution in [3.63, 3.8) is 0 Å². The summed E-state index contributed by atoms with van der Waals surface area (Å²) >= 11 is 0. The molecule has 0 aliphatic heterocycles. The highest BCUT2D eigenvalue weighted by molar-refractivity contribution is 5.91. The van der Waals surface area contributed by atoms with Crippen molar-refractivity contribution in [2.75, 3.05) is 0 Å². The largest absolute Gasteiger partial charge is 0.368 e. The molecule has 0 fully saturated rings. The van der Waals surface area contributed by atoms with E-state index in [1.54, 1.807) is 0 Å². The van der Waals surface area contributed by atoms with Gasteiger partial charge in [-0.25, -0.2) is 0 Å². The molecule has 0 aromatic heterocycles. The van der Waals surface area contributed by atoms with Gasteiger partial charge in [0.2, 0.25) is 17.7 Å². The summed E-state index contributed by atoms with van der Waals surface area (Å²) in [5.74, 6) is -1.68. The molecule has 0 saturated carbocycles. The van der Waals surface area contributed by atoms with Crippen LogP contribution in [0.4, 0.5) is 0 Å². The molecule has 1 aromatic rings. The number of carbonyl (C=O) groups is 4. The molecule has 3 amide bonds. The van der Waals surface area contributed by atoms with Gasteiger partial charge in [-0.1, -0.05) is 30.3 Å². The van der Waals surface area contributed by atoms with E-state index in [1.807, 2.05) is 30.3 Å². The van der Waals surface area contributed by atoms with E-state index in [4.69, 9.17) is 5.73 Å². The van der Waals surface area contributed by atoms with Gasteiger partial charge in [-0.2, -0.15) is 0 Å². The lowest BCUT2D eigenvalue weighted by molar-refractivity contribution is -0.131. The first-order chi connectivity index (χ1) is 11.3. The van der Waals surface area contributed by atoms with Crippen LogP contribution in [0.15, 0.2) is 30.3 Å². The third kappa shape index (κ3) is 7.04. The molecule has 7 heteroatoms. The van der Waals surface area contributed by atoms with Gasteiger partial charge in [0.05, 0.1) is 0 Å². The molecule has 0 unspecified atom stereocenters. The normalized spacial score (nSPS) is 12.8. The fourth-order valence-corrected chi connectivity index (χ4v) is 2.21. The molecule has 0 aliphatic rings. The third-order valence-corrected chi connectivity index (χ3v) is 3.42. The molecule has 0 spiro atoms. The van der Waals surface area contributed by atoms with Crippen LogP contribution in [-0.2, 0) is 25.6 Å². The minimum absolute atomic E-state index is 0.0989. The van der Waals surface area contributed by atoms with Gasteiger partial charge in [-0.3, -0.25) is 14.4 Å². The standard InChI is InChI=1S/C17H23N3O4/c1-11(21)8-9-14(16(18)23)20-17(24)15(19-12(2)22)10-13-6-4-3-5-7-13/h3-7,14-15H,8-10H2,1-2H3,(H2,18,23)(H,19,22)(H,20,24)/t14-,15+/m0/s1. The molecule has 2 atom stereocenters. The molecule has 24 heavy (non-hydrogen) atoms. The molecule has 0 saturated heterocycles. The van der Waals surface area contributed by atoms with E-state index in [-0.39, 0.29) is 31.0 Å². The minimum Gasteiger partial charge on any atom is -0.368 e. The summed E-state index contributed by atoms with van der Waals surface area (Å²) in [7, 11) is 0. The minimum atomic E-state index is -0.951. The Morgan fingerprint density at radius 3 is 2.12 bits per heavy atom. The Morgan fingerprint density at radius 2 is 1.62 bits per heavy atom. The number of nitrogens with two attached hydrogens (primary N) is 1. The summed E-state index contributed by atoms with van der Waals surface area (Å²) < 4.78 is 0. The topological polar surface area (TPSA) is 118 Å². The molecule has 1 aromatic carbocycles. The van der Waals surface area contributed by atoms with Gasteiger partial charge in [0, 0.05) is 19.8 Å². The van der Waals surface area contributed by atoms with E-state index < -0.39 is 23.9 Å². The smallest absolute Gasteiger partial charge is 0.243 e. The van der Waals surface area contributed by atoms with Crippen LogP contribution in [0.2, 0.25) is 0 Å². The second-order valence-electron chi connectivity index (χ2n) is 5.65. The van der Waals surface area contributed by atoms with Crippen molar-refractivity contribution in [1.82, 2.24) is 10.6 Å². The van der Waals surface area contributed by atoms with Gasteiger partial charge in [0.25, 0.3) is 0 Å². The number of benzene rings is 1. The number of nitrogens with one attached hydrogen (secondary N) is 2. The third-order valence-electron chi connectivity index (χ3n) is 3.42. The number of hydrogen-bond donors (Lipinski definition) is 3. The van der Waals surface area contributed by atoms with E-state index in [0.717, 1.165) is 5.56 Å². The average Bonchev–Trinajstić information content (AvgIpc) is 2.50. The zero-order valence-corrected chi connectivity index (χ0v) is 13.9. The number of primary amides is 1. The van der Waals surface area contributed by atoms with Crippen molar-refractivity contribution >= 4 is 23.5 Å². The van der Waals surface area contributed by atoms with E-state index >= 15 is 0 Å². The van der Waals surface area contributed by atoms with E-state index in [9.17, 15) is 19.2 Å². The molecule has 0 bridgehead atoms. The van der Waals surface area contributed by atoms with Gasteiger partial charge >= 0.3 is 0 Å². The predicted molar refractivity (Wildman–Crippen MR) is 88.8 cm³/mol. The quantitative estimate of drug-likeness (QED) is 0.592. The summed E-state index contributed by atoms with van der Waals surface area (Å²) in [5, 5.41) is 5.08. The van der Waals surface area contributed by atoms with Crippen LogP contribution in [0.3, 0.4) is 0 Å². The van der Waals surface area contributed by atoms with E-state index in [2.05, 4.69) is 10.6 Å². The second-order valence-corrected chi connectivity index (χ2v) is 5.65. The Kier molecular flexibility index (Phi) is 7.61. The summed E-state index contributed by atoms with van der Waals surface area (Å²) in [6, 6.07) is 7.40. The number of hydrogen-bond acceptors (Lipinski definition) is 4. The van der Waals surface area contributed by atoms with Crippen LogP contribution < -0.4 is 16.4 Å². The van der Waals surface area contributed by atoms with Gasteiger partial charge in [-0.15, -0.1) is 0 Å². The molecule has 7 nitrogen and oxygen atoms in total. The highest BCUT2D eigenvalue weighted by atomic mass is 16.2. The monoisotopic (exact) mass is 333 g/mol. The first-order valence-corrected chi connectivity index (χ1v) is 7.69. The molecule has 0 radical (unpaired) electrons. The number of amides is 3. The van der Waals surface area contributed by atoms with Crippen molar-refractivity contribution in [3.05, 3.63) is 35.9 Å². The van der Waals surface area contributed by atoms with Gasteiger partial charge in [0.15, 0.2) is 0 Å². The Labute approximate surface area is 141 Å². The SMILES string of the molecule is CC(=O)CC[C@H](NC(=O)[C@@H](Cc1ccccc1)NC(C)=O)C(N)=O. The van der Waals surface area contributed by atoms with Crippen LogP contribution in [0.1, 0.15) is 32.3 Å². The molecule has 0 heterocycles. The van der Waals surface area contributed by atoms with Crippen LogP contribution in [0, 0.1) is 0 Å². The predicted octanol–water partition coefficient (Wildman–Crippen LogP) is 0.0731. The summed E-state index contributed by atoms with van der Waals surface area (Å²) in [6.07, 6.45) is 0.552. The number of carbonyl (C=O) groups excluding carboxylic acids is 4. The van der Waals surface area contributed by atoms with Crippen LogP contribution in [0.25, 0.3) is 0 Å². The van der Waals surface area contributed by atoms with Crippen molar-refractivity contribution < 1.29 is 19.2 Å². The lowest BCUT2D eigenvalue weighted by Crippen LogP contribution is -2.53. The van der Waals surface area contributed by atoms with E-state index in [1.165, 1.54) is 13.8 Å². The molecule has 1 rings (SSSR count). The molecule has 130 valence electrons. The Balaban J connectivity index is 2.79. The second kappa shape index (κ2) is 9.44. The first kappa shape index (κ1) is 19.3. The fourth-order valence-electron chi connectivity index (χ4n) is 2.21. The number of ketones is 1.